The fourth-order valence-corrected chi connectivity index (χ4v) is 2.03. The van der Waals surface area contributed by atoms with Crippen molar-refractivity contribution >= 4 is 0 Å². The van der Waals surface area contributed by atoms with E-state index >= 15 is 0 Å². The molecule has 0 aromatic heterocycles. The molecule has 1 heterocycles. The number of ether oxygens (including phenoxy) is 2. The summed E-state index contributed by atoms with van der Waals surface area (Å²) in [7, 11) is 1.50. The summed E-state index contributed by atoms with van der Waals surface area (Å²) in [5, 5.41) is 0. The lowest BCUT2D eigenvalue weighted by Crippen LogP contribution is -2.53. The number of hydrogen-bond donors (Lipinski definition) is 1. The molecule has 1 atom stereocenters. The molecule has 16 heavy (non-hydrogen) atoms. The van der Waals surface area contributed by atoms with Gasteiger partial charge in [0.25, 0.3) is 0 Å². The average Bonchev–Trinajstić information content (AvgIpc) is 2.25. The van der Waals surface area contributed by atoms with E-state index in [2.05, 4.69) is 0 Å². The minimum absolute atomic E-state index is 0.0999. The Bertz CT molecular complexity index is 215. The van der Waals surface area contributed by atoms with E-state index in [0.717, 1.165) is 0 Å². The summed E-state index contributed by atoms with van der Waals surface area (Å²) in [6.45, 7) is 0.987. The third-order valence-corrected chi connectivity index (χ3v) is 3.16. The number of rotatable bonds is 4. The number of hydrogen-bond acceptors (Lipinski definition) is 3. The largest absolute Gasteiger partial charge is 0.389 e. The van der Waals surface area contributed by atoms with Crippen molar-refractivity contribution in [1.29, 1.82) is 0 Å². The van der Waals surface area contributed by atoms with Crippen molar-refractivity contribution in [2.45, 2.75) is 43.5 Å². The topological polar surface area (TPSA) is 44.5 Å². The van der Waals surface area contributed by atoms with Crippen LogP contribution in [-0.4, -0.2) is 38.1 Å². The fraction of sp³-hybridized carbons (Fsp3) is 1.00. The van der Waals surface area contributed by atoms with Gasteiger partial charge < -0.3 is 15.2 Å². The maximum Gasteiger partial charge on any atom is 0.389 e. The SMILES string of the molecule is COC1(C(N)CCC(F)(F)F)CCOCC1. The monoisotopic (exact) mass is 241 g/mol. The molecule has 1 fully saturated rings. The van der Waals surface area contributed by atoms with Gasteiger partial charge in [-0.25, -0.2) is 0 Å². The second-order valence-corrected chi connectivity index (χ2v) is 4.14. The molecule has 96 valence electrons. The Kier molecular flexibility index (Phi) is 4.58. The molecule has 1 saturated heterocycles. The summed E-state index contributed by atoms with van der Waals surface area (Å²) in [6, 6.07) is -0.594. The van der Waals surface area contributed by atoms with E-state index in [1.807, 2.05) is 0 Å². The molecule has 0 spiro atoms. The molecule has 3 nitrogen and oxygen atoms in total. The zero-order chi connectivity index (χ0) is 12.2. The van der Waals surface area contributed by atoms with E-state index in [-0.39, 0.29) is 6.42 Å². The molecule has 1 rings (SSSR count). The van der Waals surface area contributed by atoms with Crippen molar-refractivity contribution in [2.75, 3.05) is 20.3 Å². The van der Waals surface area contributed by atoms with Crippen LogP contribution in [0.4, 0.5) is 13.2 Å². The molecule has 0 aliphatic carbocycles. The summed E-state index contributed by atoms with van der Waals surface area (Å²) < 4.78 is 46.8. The lowest BCUT2D eigenvalue weighted by Gasteiger charge is -2.40. The molecule has 0 aromatic carbocycles. The standard InChI is InChI=1S/C10H18F3NO2/c1-15-9(4-6-16-7-5-9)8(14)2-3-10(11,12)13/h8H,2-7,14H2,1H3. The van der Waals surface area contributed by atoms with Crippen molar-refractivity contribution in [1.82, 2.24) is 0 Å². The quantitative estimate of drug-likeness (QED) is 0.817. The Hall–Kier alpha value is -0.330. The van der Waals surface area contributed by atoms with E-state index in [1.54, 1.807) is 0 Å². The second kappa shape index (κ2) is 5.33. The number of alkyl halides is 3. The third kappa shape index (κ3) is 3.61. The van der Waals surface area contributed by atoms with Crippen LogP contribution >= 0.6 is 0 Å². The third-order valence-electron chi connectivity index (χ3n) is 3.16. The van der Waals surface area contributed by atoms with Gasteiger partial charge in [0.15, 0.2) is 0 Å². The zero-order valence-corrected chi connectivity index (χ0v) is 9.35. The number of methoxy groups -OCH3 is 1. The predicted molar refractivity (Wildman–Crippen MR) is 53.1 cm³/mol. The summed E-state index contributed by atoms with van der Waals surface area (Å²) in [4.78, 5) is 0. The summed E-state index contributed by atoms with van der Waals surface area (Å²) >= 11 is 0. The minimum Gasteiger partial charge on any atom is -0.381 e. The summed E-state index contributed by atoms with van der Waals surface area (Å²) in [5.74, 6) is 0. The maximum absolute atomic E-state index is 12.1. The molecule has 1 aliphatic rings. The van der Waals surface area contributed by atoms with Gasteiger partial charge in [0, 0.05) is 45.6 Å². The number of halogens is 3. The first-order valence-electron chi connectivity index (χ1n) is 5.35. The Morgan fingerprint density at radius 1 is 1.38 bits per heavy atom. The van der Waals surface area contributed by atoms with E-state index in [0.29, 0.717) is 26.1 Å². The first-order chi connectivity index (χ1) is 7.40. The molecule has 0 aromatic rings. The van der Waals surface area contributed by atoms with Gasteiger partial charge >= 0.3 is 6.18 Å². The molecule has 0 radical (unpaired) electrons. The van der Waals surface area contributed by atoms with Crippen molar-refractivity contribution in [3.63, 3.8) is 0 Å². The fourth-order valence-electron chi connectivity index (χ4n) is 2.03. The highest BCUT2D eigenvalue weighted by Gasteiger charge is 2.40. The van der Waals surface area contributed by atoms with Gasteiger partial charge in [-0.1, -0.05) is 0 Å². The first-order valence-corrected chi connectivity index (χ1v) is 5.35. The van der Waals surface area contributed by atoms with Crippen LogP contribution in [0.15, 0.2) is 0 Å². The number of nitrogens with two attached hydrogens (primary N) is 1. The van der Waals surface area contributed by atoms with Crippen LogP contribution in [0.3, 0.4) is 0 Å². The molecule has 0 bridgehead atoms. The van der Waals surface area contributed by atoms with Gasteiger partial charge in [-0.05, 0) is 6.42 Å². The molecule has 1 aliphatic heterocycles. The smallest absolute Gasteiger partial charge is 0.381 e. The van der Waals surface area contributed by atoms with Crippen LogP contribution in [0.5, 0.6) is 0 Å². The molecular formula is C10H18F3NO2. The van der Waals surface area contributed by atoms with E-state index in [4.69, 9.17) is 15.2 Å². The van der Waals surface area contributed by atoms with Gasteiger partial charge in [-0.15, -0.1) is 0 Å². The summed E-state index contributed by atoms with van der Waals surface area (Å²) in [6.07, 6.45) is -4.00. The average molecular weight is 241 g/mol. The van der Waals surface area contributed by atoms with E-state index < -0.39 is 24.2 Å². The van der Waals surface area contributed by atoms with E-state index in [1.165, 1.54) is 7.11 Å². The van der Waals surface area contributed by atoms with Gasteiger partial charge in [0.1, 0.15) is 0 Å². The second-order valence-electron chi connectivity index (χ2n) is 4.14. The maximum atomic E-state index is 12.1. The van der Waals surface area contributed by atoms with Crippen molar-refractivity contribution < 1.29 is 22.6 Å². The highest BCUT2D eigenvalue weighted by Crippen LogP contribution is 2.31. The summed E-state index contributed by atoms with van der Waals surface area (Å²) in [5.41, 5.74) is 5.17. The Labute approximate surface area is 93.1 Å². The zero-order valence-electron chi connectivity index (χ0n) is 9.35. The first kappa shape index (κ1) is 13.7. The highest BCUT2D eigenvalue weighted by molar-refractivity contribution is 4.93. The molecular weight excluding hydrogens is 223 g/mol. The Morgan fingerprint density at radius 2 is 1.94 bits per heavy atom. The Balaban J connectivity index is 2.51. The molecule has 6 heteroatoms. The van der Waals surface area contributed by atoms with Crippen molar-refractivity contribution in [3.05, 3.63) is 0 Å². The van der Waals surface area contributed by atoms with Gasteiger partial charge in [-0.2, -0.15) is 13.2 Å². The molecule has 1 unspecified atom stereocenters. The molecule has 0 saturated carbocycles. The van der Waals surface area contributed by atoms with Crippen LogP contribution in [0.1, 0.15) is 25.7 Å². The normalized spacial score (nSPS) is 23.1. The van der Waals surface area contributed by atoms with Crippen LogP contribution in [0.25, 0.3) is 0 Å². The van der Waals surface area contributed by atoms with Gasteiger partial charge in [0.05, 0.1) is 5.60 Å². The van der Waals surface area contributed by atoms with E-state index in [9.17, 15) is 13.2 Å². The Morgan fingerprint density at radius 3 is 2.38 bits per heavy atom. The van der Waals surface area contributed by atoms with Crippen molar-refractivity contribution in [2.24, 2.45) is 5.73 Å². The van der Waals surface area contributed by atoms with Crippen LogP contribution in [-0.2, 0) is 9.47 Å². The van der Waals surface area contributed by atoms with Gasteiger partial charge in [0.2, 0.25) is 0 Å². The van der Waals surface area contributed by atoms with Crippen LogP contribution in [0, 0.1) is 0 Å². The van der Waals surface area contributed by atoms with Crippen molar-refractivity contribution in [3.8, 4) is 0 Å². The van der Waals surface area contributed by atoms with Gasteiger partial charge in [-0.3, -0.25) is 0 Å². The minimum atomic E-state index is -4.16. The lowest BCUT2D eigenvalue weighted by molar-refractivity contribution is -0.146. The lowest BCUT2D eigenvalue weighted by atomic mass is 9.84. The van der Waals surface area contributed by atoms with Crippen LogP contribution in [0.2, 0.25) is 0 Å². The highest BCUT2D eigenvalue weighted by atomic mass is 19.4. The van der Waals surface area contributed by atoms with Crippen LogP contribution < -0.4 is 5.73 Å². The molecule has 2 N–H and O–H groups in total. The molecule has 0 amide bonds. The predicted octanol–water partition coefficient (Wildman–Crippen LogP) is 1.85.